The molecule has 34 heavy (non-hydrogen) atoms. The number of fused-ring (bicyclic) bond motifs is 2. The van der Waals surface area contributed by atoms with Gasteiger partial charge in [0.05, 0.1) is 0 Å². The number of imide groups is 1. The molecule has 1 fully saturated rings. The van der Waals surface area contributed by atoms with Crippen molar-refractivity contribution in [2.45, 2.75) is 18.9 Å². The topological polar surface area (TPSA) is 115 Å². The lowest BCUT2D eigenvalue weighted by Gasteiger charge is -2.25. The molecule has 4 amide bonds. The van der Waals surface area contributed by atoms with Gasteiger partial charge in [-0.3, -0.25) is 14.5 Å². The number of nitrogens with one attached hydrogen (secondary N) is 2. The molecule has 3 aliphatic heterocycles. The minimum absolute atomic E-state index is 0.349. The molecule has 2 aromatic rings. The highest BCUT2D eigenvalue weighted by Crippen LogP contribution is 2.37. The zero-order chi connectivity index (χ0) is 23.7. The van der Waals surface area contributed by atoms with E-state index >= 15 is 0 Å². The Hall–Kier alpha value is -3.95. The van der Waals surface area contributed by atoms with Gasteiger partial charge in [0.15, 0.2) is 23.0 Å². The van der Waals surface area contributed by atoms with Gasteiger partial charge in [0, 0.05) is 6.54 Å². The maximum Gasteiger partial charge on any atom is 0.325 e. The van der Waals surface area contributed by atoms with Crippen molar-refractivity contribution in [2.24, 2.45) is 0 Å². The van der Waals surface area contributed by atoms with Crippen LogP contribution in [0.1, 0.15) is 18.1 Å². The summed E-state index contributed by atoms with van der Waals surface area (Å²) in [6.45, 7) is 3.48. The molecule has 1 unspecified atom stereocenters. The van der Waals surface area contributed by atoms with Crippen LogP contribution >= 0.6 is 0 Å². The van der Waals surface area contributed by atoms with Gasteiger partial charge in [-0.1, -0.05) is 12.1 Å². The molecule has 0 spiro atoms. The molecule has 10 nitrogen and oxygen atoms in total. The Labute approximate surface area is 196 Å². The van der Waals surface area contributed by atoms with Crippen molar-refractivity contribution in [1.82, 2.24) is 15.5 Å². The molecule has 0 saturated carbocycles. The monoisotopic (exact) mass is 467 g/mol. The summed E-state index contributed by atoms with van der Waals surface area (Å²) in [4.78, 5) is 39.1. The molecule has 3 heterocycles. The van der Waals surface area contributed by atoms with Crippen molar-refractivity contribution in [3.8, 4) is 23.0 Å². The number of hydrogen-bond acceptors (Lipinski definition) is 7. The molecule has 2 aromatic carbocycles. The molecular weight excluding hydrogens is 442 g/mol. The molecule has 0 aromatic heterocycles. The number of benzene rings is 2. The first kappa shape index (κ1) is 21.9. The van der Waals surface area contributed by atoms with Crippen molar-refractivity contribution in [2.75, 3.05) is 39.5 Å². The number of ether oxygens (including phenoxy) is 4. The van der Waals surface area contributed by atoms with Crippen LogP contribution in [0.3, 0.4) is 0 Å². The standard InChI is InChI=1S/C24H25N3O7/c1-24(16-3-5-18-20(13-16)34-11-9-32-18)22(29)27(23(30)26-24)14-21(28)25-7-6-15-2-4-17-19(12-15)33-10-8-31-17/h2-5,12-13H,6-11,14H2,1H3,(H,25,28)(H,26,30). The average molecular weight is 467 g/mol. The molecule has 1 atom stereocenters. The molecule has 3 aliphatic rings. The highest BCUT2D eigenvalue weighted by molar-refractivity contribution is 6.09. The zero-order valence-electron chi connectivity index (χ0n) is 18.7. The Balaban J connectivity index is 1.19. The first-order valence-corrected chi connectivity index (χ1v) is 11.1. The highest BCUT2D eigenvalue weighted by Gasteiger charge is 2.49. The van der Waals surface area contributed by atoms with Crippen molar-refractivity contribution < 1.29 is 33.3 Å². The van der Waals surface area contributed by atoms with E-state index < -0.39 is 23.4 Å². The van der Waals surface area contributed by atoms with Gasteiger partial charge in [0.1, 0.15) is 38.5 Å². The van der Waals surface area contributed by atoms with E-state index in [4.69, 9.17) is 18.9 Å². The van der Waals surface area contributed by atoms with Crippen LogP contribution in [0.2, 0.25) is 0 Å². The van der Waals surface area contributed by atoms with Gasteiger partial charge < -0.3 is 29.6 Å². The predicted molar refractivity (Wildman–Crippen MR) is 119 cm³/mol. The first-order valence-electron chi connectivity index (χ1n) is 11.1. The summed E-state index contributed by atoms with van der Waals surface area (Å²) in [7, 11) is 0. The van der Waals surface area contributed by atoms with E-state index in [1.165, 1.54) is 0 Å². The minimum atomic E-state index is -1.31. The van der Waals surface area contributed by atoms with Crippen LogP contribution in [0.5, 0.6) is 23.0 Å². The van der Waals surface area contributed by atoms with Crippen molar-refractivity contribution in [3.05, 3.63) is 47.5 Å². The molecule has 2 N–H and O–H groups in total. The van der Waals surface area contributed by atoms with Gasteiger partial charge in [0.2, 0.25) is 5.91 Å². The van der Waals surface area contributed by atoms with E-state index in [-0.39, 0.29) is 6.54 Å². The van der Waals surface area contributed by atoms with Crippen molar-refractivity contribution >= 4 is 17.8 Å². The summed E-state index contributed by atoms with van der Waals surface area (Å²) >= 11 is 0. The largest absolute Gasteiger partial charge is 0.486 e. The van der Waals surface area contributed by atoms with Gasteiger partial charge in [-0.2, -0.15) is 0 Å². The van der Waals surface area contributed by atoms with Crippen LogP contribution in [-0.4, -0.2) is 62.3 Å². The molecule has 0 aliphatic carbocycles. The van der Waals surface area contributed by atoms with E-state index in [9.17, 15) is 14.4 Å². The summed E-state index contributed by atoms with van der Waals surface area (Å²) in [5.41, 5.74) is 0.223. The second kappa shape index (κ2) is 8.77. The molecule has 178 valence electrons. The van der Waals surface area contributed by atoms with E-state index in [1.807, 2.05) is 18.2 Å². The highest BCUT2D eigenvalue weighted by atomic mass is 16.6. The van der Waals surface area contributed by atoms with Crippen LogP contribution in [0.25, 0.3) is 0 Å². The molecule has 5 rings (SSSR count). The summed E-state index contributed by atoms with van der Waals surface area (Å²) < 4.78 is 22.2. The van der Waals surface area contributed by atoms with Crippen molar-refractivity contribution in [3.63, 3.8) is 0 Å². The van der Waals surface area contributed by atoms with Crippen molar-refractivity contribution in [1.29, 1.82) is 0 Å². The van der Waals surface area contributed by atoms with E-state index in [2.05, 4.69) is 10.6 Å². The lowest BCUT2D eigenvalue weighted by atomic mass is 9.91. The van der Waals surface area contributed by atoms with Gasteiger partial charge in [-0.15, -0.1) is 0 Å². The Kier molecular flexibility index (Phi) is 5.64. The molecule has 0 radical (unpaired) electrons. The normalized spacial score (nSPS) is 20.7. The molecule has 10 heteroatoms. The van der Waals surface area contributed by atoms with Gasteiger partial charge >= 0.3 is 6.03 Å². The Bertz CT molecular complexity index is 1150. The maximum atomic E-state index is 13.1. The number of nitrogens with zero attached hydrogens (tertiary/aromatic N) is 1. The summed E-state index contributed by atoms with van der Waals surface area (Å²) in [6.07, 6.45) is 0.567. The van der Waals surface area contributed by atoms with Gasteiger partial charge in [0.25, 0.3) is 5.91 Å². The van der Waals surface area contributed by atoms with Crippen LogP contribution in [0, 0.1) is 0 Å². The number of carbonyl (C=O) groups is 3. The fourth-order valence-electron chi connectivity index (χ4n) is 4.18. The summed E-state index contributed by atoms with van der Waals surface area (Å²) in [5, 5.41) is 5.47. The fraction of sp³-hybridized carbons (Fsp3) is 0.375. The second-order valence-corrected chi connectivity index (χ2v) is 8.38. The van der Waals surface area contributed by atoms with E-state index in [1.54, 1.807) is 25.1 Å². The Morgan fingerprint density at radius 2 is 1.56 bits per heavy atom. The van der Waals surface area contributed by atoms with E-state index in [0.717, 1.165) is 10.5 Å². The maximum absolute atomic E-state index is 13.1. The van der Waals surface area contributed by atoms with E-state index in [0.29, 0.717) is 68.0 Å². The summed E-state index contributed by atoms with van der Waals surface area (Å²) in [6, 6.07) is 10.1. The SMILES string of the molecule is CC1(c2ccc3c(c2)OCCO3)NC(=O)N(CC(=O)NCCc2ccc3c(c2)OCCO3)C1=O. The molecule has 0 bridgehead atoms. The number of urea groups is 1. The van der Waals surface area contributed by atoms with Crippen LogP contribution < -0.4 is 29.6 Å². The zero-order valence-corrected chi connectivity index (χ0v) is 18.7. The third-order valence-electron chi connectivity index (χ3n) is 6.04. The smallest absolute Gasteiger partial charge is 0.325 e. The minimum Gasteiger partial charge on any atom is -0.486 e. The fourth-order valence-corrected chi connectivity index (χ4v) is 4.18. The van der Waals surface area contributed by atoms with Crippen LogP contribution in [0.4, 0.5) is 4.79 Å². The molecule has 1 saturated heterocycles. The quantitative estimate of drug-likeness (QED) is 0.617. The lowest BCUT2D eigenvalue weighted by Crippen LogP contribution is -2.43. The number of hydrogen-bond donors (Lipinski definition) is 2. The first-order chi connectivity index (χ1) is 16.4. The average Bonchev–Trinajstić information content (AvgIpc) is 3.07. The number of carbonyl (C=O) groups excluding carboxylic acids is 3. The Morgan fingerprint density at radius 1 is 0.941 bits per heavy atom. The third kappa shape index (κ3) is 4.07. The Morgan fingerprint density at radius 3 is 2.26 bits per heavy atom. The van der Waals surface area contributed by atoms with Crippen LogP contribution in [-0.2, 0) is 21.5 Å². The lowest BCUT2D eigenvalue weighted by molar-refractivity contribution is -0.134. The molecular formula is C24H25N3O7. The summed E-state index contributed by atoms with van der Waals surface area (Å²) in [5.74, 6) is 1.57. The van der Waals surface area contributed by atoms with Gasteiger partial charge in [-0.25, -0.2) is 4.79 Å². The van der Waals surface area contributed by atoms with Gasteiger partial charge in [-0.05, 0) is 48.7 Å². The third-order valence-corrected chi connectivity index (χ3v) is 6.04. The predicted octanol–water partition coefficient (Wildman–Crippen LogP) is 1.35. The number of rotatable bonds is 6. The van der Waals surface area contributed by atoms with Crippen LogP contribution in [0.15, 0.2) is 36.4 Å². The second-order valence-electron chi connectivity index (χ2n) is 8.38. The number of amides is 4.